The van der Waals surface area contributed by atoms with Gasteiger partial charge in [-0.3, -0.25) is 19.6 Å². The number of hydrogen-bond donors (Lipinski definition) is 1. The maximum Gasteiger partial charge on any atom is 0.162 e. The fourth-order valence-corrected chi connectivity index (χ4v) is 6.86. The van der Waals surface area contributed by atoms with Crippen molar-refractivity contribution >= 4 is 22.4 Å². The summed E-state index contributed by atoms with van der Waals surface area (Å²) in [6, 6.07) is 20.6. The van der Waals surface area contributed by atoms with Crippen LogP contribution in [0.15, 0.2) is 73.2 Å². The van der Waals surface area contributed by atoms with Crippen molar-refractivity contribution in [1.29, 1.82) is 5.26 Å². The molecule has 4 heterocycles. The number of piperidine rings is 1. The van der Waals surface area contributed by atoms with Gasteiger partial charge in [-0.15, -0.1) is 0 Å². The van der Waals surface area contributed by atoms with Crippen LogP contribution in [0.2, 0.25) is 0 Å². The molecule has 0 saturated carbocycles. The Balaban J connectivity index is 0.874. The first-order valence-corrected chi connectivity index (χ1v) is 16.4. The number of carbonyl (C=O) groups excluding carboxylic acids is 1. The van der Waals surface area contributed by atoms with Crippen LogP contribution in [0.5, 0.6) is 0 Å². The molecule has 4 aromatic rings. The Hall–Kier alpha value is -3.99. The van der Waals surface area contributed by atoms with Gasteiger partial charge in [-0.25, -0.2) is 0 Å². The molecule has 2 aliphatic heterocycles. The Morgan fingerprint density at radius 2 is 1.77 bits per heavy atom. The number of aromatic amines is 1. The van der Waals surface area contributed by atoms with E-state index in [1.54, 1.807) is 0 Å². The van der Waals surface area contributed by atoms with E-state index in [1.165, 1.54) is 41.5 Å². The number of benzene rings is 2. The summed E-state index contributed by atoms with van der Waals surface area (Å²) in [5, 5.41) is 10.4. The molecule has 0 unspecified atom stereocenters. The number of nitrogens with one attached hydrogen (secondary N) is 1. The number of carbonyl (C=O) groups is 1. The van der Waals surface area contributed by atoms with E-state index in [2.05, 4.69) is 55.1 Å². The van der Waals surface area contributed by atoms with E-state index in [-0.39, 0.29) is 5.78 Å². The number of Topliss-reactive ketones (excluding diaryl/α,β-unsaturated/α-hetero) is 1. The number of nitriles is 1. The highest BCUT2D eigenvalue weighted by Crippen LogP contribution is 2.25. The van der Waals surface area contributed by atoms with Crippen molar-refractivity contribution in [2.75, 3.05) is 50.7 Å². The minimum absolute atomic E-state index is 0.275. The number of rotatable bonds is 12. The van der Waals surface area contributed by atoms with Crippen LogP contribution in [0.3, 0.4) is 0 Å². The summed E-state index contributed by atoms with van der Waals surface area (Å²) < 4.78 is 0. The van der Waals surface area contributed by atoms with E-state index in [9.17, 15) is 10.1 Å². The number of hydrogen-bond acceptors (Lipinski definition) is 6. The highest BCUT2D eigenvalue weighted by Gasteiger charge is 2.21. The lowest BCUT2D eigenvalue weighted by molar-refractivity contribution is 0.0961. The second kappa shape index (κ2) is 14.7. The number of ketones is 1. The molecule has 228 valence electrons. The molecule has 0 spiro atoms. The zero-order chi connectivity index (χ0) is 30.1. The van der Waals surface area contributed by atoms with Gasteiger partial charge in [0.05, 0.1) is 11.6 Å². The van der Waals surface area contributed by atoms with E-state index in [1.807, 2.05) is 48.8 Å². The fraction of sp³-hybridized carbons (Fsp3) is 0.432. The van der Waals surface area contributed by atoms with Gasteiger partial charge >= 0.3 is 0 Å². The number of H-pyrrole nitrogens is 1. The Kier molecular flexibility index (Phi) is 10.0. The van der Waals surface area contributed by atoms with Crippen LogP contribution < -0.4 is 4.90 Å². The summed E-state index contributed by atoms with van der Waals surface area (Å²) in [5.41, 5.74) is 6.48. The highest BCUT2D eigenvalue weighted by atomic mass is 16.1. The first-order chi connectivity index (χ1) is 21.6. The third kappa shape index (κ3) is 7.74. The summed E-state index contributed by atoms with van der Waals surface area (Å²) >= 11 is 0. The molecule has 6 rings (SSSR count). The Morgan fingerprint density at radius 1 is 0.955 bits per heavy atom. The van der Waals surface area contributed by atoms with Crippen molar-refractivity contribution in [2.24, 2.45) is 5.92 Å². The largest absolute Gasteiger partial charge is 0.369 e. The van der Waals surface area contributed by atoms with Crippen LogP contribution in [0.1, 0.15) is 65.6 Å². The summed E-state index contributed by atoms with van der Waals surface area (Å²) in [6.07, 6.45) is 13.2. The number of unbranched alkanes of at least 4 members (excludes halogenated alkanes) is 1. The lowest BCUT2D eigenvalue weighted by Crippen LogP contribution is -2.46. The molecule has 7 nitrogen and oxygen atoms in total. The third-order valence-electron chi connectivity index (χ3n) is 9.61. The summed E-state index contributed by atoms with van der Waals surface area (Å²) in [7, 11) is 0. The zero-order valence-corrected chi connectivity index (χ0v) is 25.8. The first kappa shape index (κ1) is 30.1. The van der Waals surface area contributed by atoms with Gasteiger partial charge in [0.2, 0.25) is 0 Å². The summed E-state index contributed by atoms with van der Waals surface area (Å²) in [4.78, 5) is 28.1. The summed E-state index contributed by atoms with van der Waals surface area (Å²) in [5.74, 6) is 0.920. The van der Waals surface area contributed by atoms with Crippen LogP contribution in [-0.4, -0.2) is 71.4 Å². The molecule has 44 heavy (non-hydrogen) atoms. The number of anilines is 1. The fourth-order valence-electron chi connectivity index (χ4n) is 6.86. The topological polar surface area (TPSA) is 79.3 Å². The van der Waals surface area contributed by atoms with E-state index in [0.717, 1.165) is 88.3 Å². The minimum atomic E-state index is 0.275. The average molecular weight is 589 g/mol. The Morgan fingerprint density at radius 3 is 2.52 bits per heavy atom. The molecule has 2 aromatic heterocycles. The van der Waals surface area contributed by atoms with Gasteiger partial charge in [-0.05, 0) is 124 Å². The minimum Gasteiger partial charge on any atom is -0.369 e. The number of aryl methyl sites for hydroxylation is 1. The van der Waals surface area contributed by atoms with Gasteiger partial charge in [0.15, 0.2) is 5.78 Å². The SMILES string of the molecule is N#Cc1ccc2[nH]cc(CCCCN3CCN(c4ccc(C(=O)CCC5CCN(Cc6cccnc6)CC5)cc4)CC3)c2c1. The van der Waals surface area contributed by atoms with Gasteiger partial charge in [0, 0.05) is 79.9 Å². The third-order valence-corrected chi connectivity index (χ3v) is 9.61. The molecular weight excluding hydrogens is 544 g/mol. The van der Waals surface area contributed by atoms with Gasteiger partial charge < -0.3 is 9.88 Å². The number of piperazine rings is 1. The second-order valence-electron chi connectivity index (χ2n) is 12.6. The lowest BCUT2D eigenvalue weighted by atomic mass is 9.90. The highest BCUT2D eigenvalue weighted by molar-refractivity contribution is 5.96. The first-order valence-electron chi connectivity index (χ1n) is 16.4. The molecule has 2 aromatic carbocycles. The van der Waals surface area contributed by atoms with Crippen molar-refractivity contribution in [2.45, 2.75) is 51.5 Å². The normalized spacial score (nSPS) is 16.8. The predicted molar refractivity (Wildman–Crippen MR) is 177 cm³/mol. The van der Waals surface area contributed by atoms with Crippen molar-refractivity contribution in [3.05, 3.63) is 95.4 Å². The number of fused-ring (bicyclic) bond motifs is 1. The quantitative estimate of drug-likeness (QED) is 0.151. The predicted octanol–water partition coefficient (Wildman–Crippen LogP) is 6.45. The molecule has 0 bridgehead atoms. The average Bonchev–Trinajstić information content (AvgIpc) is 3.49. The summed E-state index contributed by atoms with van der Waals surface area (Å²) in [6.45, 7) is 8.48. The molecule has 2 fully saturated rings. The number of aromatic nitrogens is 2. The molecule has 0 amide bonds. The Labute approximate surface area is 261 Å². The van der Waals surface area contributed by atoms with Crippen LogP contribution in [0.25, 0.3) is 10.9 Å². The van der Waals surface area contributed by atoms with Crippen LogP contribution in [0.4, 0.5) is 5.69 Å². The number of likely N-dealkylation sites (tertiary alicyclic amines) is 1. The molecule has 1 N–H and O–H groups in total. The van der Waals surface area contributed by atoms with E-state index >= 15 is 0 Å². The van der Waals surface area contributed by atoms with E-state index in [4.69, 9.17) is 0 Å². The van der Waals surface area contributed by atoms with Crippen LogP contribution in [-0.2, 0) is 13.0 Å². The van der Waals surface area contributed by atoms with Crippen molar-refractivity contribution in [3.8, 4) is 6.07 Å². The molecule has 7 heteroatoms. The van der Waals surface area contributed by atoms with Gasteiger partial charge in [-0.1, -0.05) is 6.07 Å². The monoisotopic (exact) mass is 588 g/mol. The molecule has 0 radical (unpaired) electrons. The van der Waals surface area contributed by atoms with Crippen molar-refractivity contribution in [1.82, 2.24) is 19.8 Å². The van der Waals surface area contributed by atoms with Crippen molar-refractivity contribution < 1.29 is 4.79 Å². The number of nitrogens with zero attached hydrogens (tertiary/aromatic N) is 5. The van der Waals surface area contributed by atoms with Gasteiger partial charge in [-0.2, -0.15) is 5.26 Å². The van der Waals surface area contributed by atoms with Crippen LogP contribution >= 0.6 is 0 Å². The Bertz CT molecular complexity index is 1540. The maximum atomic E-state index is 13.0. The van der Waals surface area contributed by atoms with E-state index < -0.39 is 0 Å². The number of pyridine rings is 1. The maximum absolute atomic E-state index is 13.0. The van der Waals surface area contributed by atoms with Gasteiger partial charge in [0.25, 0.3) is 0 Å². The van der Waals surface area contributed by atoms with Gasteiger partial charge in [0.1, 0.15) is 0 Å². The standard InChI is InChI=1S/C37H44N6O/c38-25-30-6-12-36-35(24-30)33(27-40-36)5-1-2-17-41-20-22-43(23-21-41)34-10-8-32(9-11-34)37(44)13-7-29-14-18-42(19-15-29)28-31-4-3-16-39-26-31/h3-4,6,8-12,16,24,26-27,29,40H,1-2,5,7,13-15,17-23,28H2. The van der Waals surface area contributed by atoms with E-state index in [0.29, 0.717) is 12.3 Å². The molecule has 2 aliphatic rings. The van der Waals surface area contributed by atoms with Crippen molar-refractivity contribution in [3.63, 3.8) is 0 Å². The zero-order valence-electron chi connectivity index (χ0n) is 25.8. The smallest absolute Gasteiger partial charge is 0.162 e. The molecule has 2 saturated heterocycles. The van der Waals surface area contributed by atoms with Crippen LogP contribution in [0, 0.1) is 17.2 Å². The second-order valence-corrected chi connectivity index (χ2v) is 12.6. The molecular formula is C37H44N6O. The molecule has 0 atom stereocenters. The molecule has 0 aliphatic carbocycles. The lowest BCUT2D eigenvalue weighted by Gasteiger charge is -2.36.